The topological polar surface area (TPSA) is 37.3 Å². The molecule has 0 unspecified atom stereocenters. The van der Waals surface area contributed by atoms with Gasteiger partial charge in [0.25, 0.3) is 0 Å². The van der Waals surface area contributed by atoms with Crippen LogP contribution in [0.5, 0.6) is 0 Å². The first kappa shape index (κ1) is 6.95. The van der Waals surface area contributed by atoms with Crippen LogP contribution in [0.3, 0.4) is 0 Å². The Morgan fingerprint density at radius 2 is 2.38 bits per heavy atom. The molecular weight excluding hydrogens is 104 g/mol. The smallest absolute Gasteiger partial charge is 0.123 e. The third-order valence-electron chi connectivity index (χ3n) is 0.632. The standard InChI is InChI=1S/C6H8O2/c1-2-6(8)4-3-5-7/h2,4-5,8H,1,3H2/b6-4-. The van der Waals surface area contributed by atoms with Crippen molar-refractivity contribution in [2.24, 2.45) is 0 Å². The van der Waals surface area contributed by atoms with Gasteiger partial charge in [-0.2, -0.15) is 0 Å². The molecule has 1 N–H and O–H groups in total. The summed E-state index contributed by atoms with van der Waals surface area (Å²) in [6.45, 7) is 3.28. The maximum atomic E-state index is 9.64. The molecule has 2 heteroatoms. The lowest BCUT2D eigenvalue weighted by molar-refractivity contribution is -0.107. The quantitative estimate of drug-likeness (QED) is 0.338. The molecule has 0 aromatic rings. The highest BCUT2D eigenvalue weighted by Crippen LogP contribution is 1.88. The number of aliphatic hydroxyl groups excluding tert-OH is 1. The molecule has 2 nitrogen and oxygen atoms in total. The van der Waals surface area contributed by atoms with Gasteiger partial charge in [-0.05, 0) is 12.2 Å². The average molecular weight is 112 g/mol. The Morgan fingerprint density at radius 1 is 1.75 bits per heavy atom. The van der Waals surface area contributed by atoms with Gasteiger partial charge in [-0.25, -0.2) is 0 Å². The van der Waals surface area contributed by atoms with Crippen LogP contribution in [0.15, 0.2) is 24.5 Å². The van der Waals surface area contributed by atoms with Gasteiger partial charge < -0.3 is 9.90 Å². The van der Waals surface area contributed by atoms with Crippen LogP contribution in [0, 0.1) is 0 Å². The molecule has 0 aliphatic heterocycles. The number of allylic oxidation sites excluding steroid dienone is 2. The molecule has 44 valence electrons. The SMILES string of the molecule is C=C/C(O)=C/CC=O. The summed E-state index contributed by atoms with van der Waals surface area (Å²) in [7, 11) is 0. The maximum absolute atomic E-state index is 9.64. The van der Waals surface area contributed by atoms with Crippen molar-refractivity contribution in [3.63, 3.8) is 0 Å². The zero-order chi connectivity index (χ0) is 6.41. The zero-order valence-corrected chi connectivity index (χ0v) is 4.50. The van der Waals surface area contributed by atoms with Crippen LogP contribution in [-0.4, -0.2) is 11.4 Å². The van der Waals surface area contributed by atoms with Gasteiger partial charge in [0.1, 0.15) is 12.0 Å². The molecule has 0 aromatic carbocycles. The van der Waals surface area contributed by atoms with Crippen molar-refractivity contribution >= 4 is 6.29 Å². The fourth-order valence-corrected chi connectivity index (χ4v) is 0.252. The number of carbonyl (C=O) groups is 1. The Balaban J connectivity index is 3.56. The maximum Gasteiger partial charge on any atom is 0.123 e. The van der Waals surface area contributed by atoms with Gasteiger partial charge in [0.15, 0.2) is 0 Å². The van der Waals surface area contributed by atoms with Gasteiger partial charge in [-0.3, -0.25) is 0 Å². The molecule has 0 heterocycles. The van der Waals surface area contributed by atoms with E-state index < -0.39 is 0 Å². The molecule has 8 heavy (non-hydrogen) atoms. The first-order valence-electron chi connectivity index (χ1n) is 2.26. The highest BCUT2D eigenvalue weighted by atomic mass is 16.3. The van der Waals surface area contributed by atoms with Gasteiger partial charge in [-0.15, -0.1) is 0 Å². The molecule has 0 saturated carbocycles. The number of aldehydes is 1. The lowest BCUT2D eigenvalue weighted by Gasteiger charge is -1.82. The molecule has 0 atom stereocenters. The van der Waals surface area contributed by atoms with Crippen molar-refractivity contribution in [1.82, 2.24) is 0 Å². The van der Waals surface area contributed by atoms with Crippen LogP contribution in [-0.2, 0) is 4.79 Å². The summed E-state index contributed by atoms with van der Waals surface area (Å²) >= 11 is 0. The van der Waals surface area contributed by atoms with Crippen LogP contribution >= 0.6 is 0 Å². The average Bonchev–Trinajstić information content (AvgIpc) is 1.83. The summed E-state index contributed by atoms with van der Waals surface area (Å²) in [5.41, 5.74) is 0. The largest absolute Gasteiger partial charge is 0.508 e. The van der Waals surface area contributed by atoms with Gasteiger partial charge in [0.05, 0.1) is 0 Å². The second-order valence-electron chi connectivity index (χ2n) is 1.24. The highest BCUT2D eigenvalue weighted by molar-refractivity contribution is 5.52. The minimum atomic E-state index is 0.0529. The lowest BCUT2D eigenvalue weighted by atomic mass is 10.4. The molecule has 0 spiro atoms. The van der Waals surface area contributed by atoms with Gasteiger partial charge in [0.2, 0.25) is 0 Å². The van der Waals surface area contributed by atoms with Gasteiger partial charge in [0, 0.05) is 6.42 Å². The molecule has 0 aromatic heterocycles. The molecule has 0 radical (unpaired) electrons. The first-order valence-corrected chi connectivity index (χ1v) is 2.26. The summed E-state index contributed by atoms with van der Waals surface area (Å²) in [6.07, 6.45) is 3.63. The Labute approximate surface area is 48.1 Å². The number of hydrogen-bond donors (Lipinski definition) is 1. The van der Waals surface area contributed by atoms with E-state index in [1.807, 2.05) is 0 Å². The zero-order valence-electron chi connectivity index (χ0n) is 4.50. The van der Waals surface area contributed by atoms with Gasteiger partial charge in [-0.1, -0.05) is 6.58 Å². The second kappa shape index (κ2) is 4.12. The lowest BCUT2D eigenvalue weighted by Crippen LogP contribution is -1.73. The highest BCUT2D eigenvalue weighted by Gasteiger charge is 1.78. The molecule has 0 saturated heterocycles. The fraction of sp³-hybridized carbons (Fsp3) is 0.167. The first-order chi connectivity index (χ1) is 3.81. The summed E-state index contributed by atoms with van der Waals surface area (Å²) in [5, 5.41) is 8.57. The Hall–Kier alpha value is -1.05. The van der Waals surface area contributed by atoms with Gasteiger partial charge >= 0.3 is 0 Å². The van der Waals surface area contributed by atoms with Crippen molar-refractivity contribution < 1.29 is 9.90 Å². The van der Waals surface area contributed by atoms with Crippen molar-refractivity contribution in [1.29, 1.82) is 0 Å². The number of rotatable bonds is 3. The molecule has 0 fully saturated rings. The predicted molar refractivity (Wildman–Crippen MR) is 31.6 cm³/mol. The van der Waals surface area contributed by atoms with Crippen molar-refractivity contribution in [2.75, 3.05) is 0 Å². The van der Waals surface area contributed by atoms with E-state index >= 15 is 0 Å². The van der Waals surface area contributed by atoms with Crippen LogP contribution < -0.4 is 0 Å². The van der Waals surface area contributed by atoms with Crippen LogP contribution in [0.2, 0.25) is 0 Å². The molecule has 0 amide bonds. The van der Waals surface area contributed by atoms with E-state index in [0.717, 1.165) is 0 Å². The van der Waals surface area contributed by atoms with Crippen LogP contribution in [0.25, 0.3) is 0 Å². The molecule has 0 aliphatic carbocycles. The minimum absolute atomic E-state index is 0.0529. The molecule has 0 rings (SSSR count). The van der Waals surface area contributed by atoms with Crippen LogP contribution in [0.1, 0.15) is 6.42 Å². The Kier molecular flexibility index (Phi) is 3.58. The van der Waals surface area contributed by atoms with E-state index in [2.05, 4.69) is 6.58 Å². The summed E-state index contributed by atoms with van der Waals surface area (Å²) < 4.78 is 0. The predicted octanol–water partition coefficient (Wildman–Crippen LogP) is 1.20. The number of hydrogen-bond acceptors (Lipinski definition) is 2. The second-order valence-corrected chi connectivity index (χ2v) is 1.24. The van der Waals surface area contributed by atoms with Crippen molar-refractivity contribution in [3.05, 3.63) is 24.5 Å². The van der Waals surface area contributed by atoms with E-state index in [4.69, 9.17) is 5.11 Å². The normalized spacial score (nSPS) is 10.8. The minimum Gasteiger partial charge on any atom is -0.508 e. The summed E-state index contributed by atoms with van der Waals surface area (Å²) in [5.74, 6) is 0.0529. The third kappa shape index (κ3) is 3.15. The number of carbonyl (C=O) groups excluding carboxylic acids is 1. The Morgan fingerprint density at radius 3 is 2.75 bits per heavy atom. The van der Waals surface area contributed by atoms with Crippen LogP contribution in [0.4, 0.5) is 0 Å². The Bertz CT molecular complexity index is 114. The number of aliphatic hydroxyl groups is 1. The summed E-state index contributed by atoms with van der Waals surface area (Å²) in [6, 6.07) is 0. The third-order valence-corrected chi connectivity index (χ3v) is 0.632. The molecule has 0 aliphatic rings. The molecule has 0 bridgehead atoms. The molecular formula is C6H8O2. The van der Waals surface area contributed by atoms with E-state index in [9.17, 15) is 4.79 Å². The monoisotopic (exact) mass is 112 g/mol. The van der Waals surface area contributed by atoms with E-state index in [1.54, 1.807) is 0 Å². The van der Waals surface area contributed by atoms with E-state index in [0.29, 0.717) is 6.29 Å². The van der Waals surface area contributed by atoms with E-state index in [-0.39, 0.29) is 12.2 Å². The van der Waals surface area contributed by atoms with Crippen molar-refractivity contribution in [2.45, 2.75) is 6.42 Å². The van der Waals surface area contributed by atoms with Crippen molar-refractivity contribution in [3.8, 4) is 0 Å². The van der Waals surface area contributed by atoms with E-state index in [1.165, 1.54) is 12.2 Å². The summed E-state index contributed by atoms with van der Waals surface area (Å²) in [4.78, 5) is 9.64. The fourth-order valence-electron chi connectivity index (χ4n) is 0.252.